The molecule has 0 fully saturated rings. The smallest absolute Gasteiger partial charge is 0.118 e. The summed E-state index contributed by atoms with van der Waals surface area (Å²) < 4.78 is 5.17. The van der Waals surface area contributed by atoms with Crippen molar-refractivity contribution >= 4 is 0 Å². The molecular formula is C16H21NO. The molecule has 0 saturated carbocycles. The normalized spacial score (nSPS) is 11.4. The first-order valence-corrected chi connectivity index (χ1v) is 5.97. The Kier molecular flexibility index (Phi) is 5.40. The molecule has 18 heavy (non-hydrogen) atoms. The van der Waals surface area contributed by atoms with E-state index >= 15 is 0 Å². The minimum atomic E-state index is 0. The second-order valence-corrected chi connectivity index (χ2v) is 4.36. The third-order valence-corrected chi connectivity index (χ3v) is 3.07. The molecule has 0 heterocycles. The molecule has 1 unspecified atom stereocenters. The van der Waals surface area contributed by atoms with Crippen molar-refractivity contribution in [3.63, 3.8) is 0 Å². The van der Waals surface area contributed by atoms with E-state index in [1.807, 2.05) is 12.1 Å². The first-order valence-electron chi connectivity index (χ1n) is 5.97. The molecule has 3 N–H and O–H groups in total. The topological polar surface area (TPSA) is 44.2 Å². The van der Waals surface area contributed by atoms with Gasteiger partial charge in [-0.1, -0.05) is 49.4 Å². The Bertz CT molecular complexity index is 450. The van der Waals surface area contributed by atoms with Crippen molar-refractivity contribution < 1.29 is 4.74 Å². The van der Waals surface area contributed by atoms with Gasteiger partial charge in [-0.05, 0) is 35.6 Å². The Morgan fingerprint density at radius 3 is 2.11 bits per heavy atom. The van der Waals surface area contributed by atoms with E-state index in [4.69, 9.17) is 4.74 Å². The molecule has 0 aromatic heterocycles. The van der Waals surface area contributed by atoms with Crippen LogP contribution in [0, 0.1) is 0 Å². The van der Waals surface area contributed by atoms with E-state index in [0.29, 0.717) is 5.92 Å². The third kappa shape index (κ3) is 3.60. The van der Waals surface area contributed by atoms with Crippen molar-refractivity contribution in [2.75, 3.05) is 7.11 Å². The highest BCUT2D eigenvalue weighted by molar-refractivity contribution is 5.30. The molecule has 0 radical (unpaired) electrons. The fourth-order valence-corrected chi connectivity index (χ4v) is 2.02. The predicted octanol–water partition coefficient (Wildman–Crippen LogP) is 4.20. The number of methoxy groups -OCH3 is 1. The first kappa shape index (κ1) is 14.3. The molecule has 0 aliphatic heterocycles. The molecule has 0 bridgehead atoms. The molecule has 0 aliphatic carbocycles. The van der Waals surface area contributed by atoms with Crippen LogP contribution < -0.4 is 10.9 Å². The maximum absolute atomic E-state index is 5.17. The molecule has 2 nitrogen and oxygen atoms in total. The Morgan fingerprint density at radius 1 is 0.944 bits per heavy atom. The van der Waals surface area contributed by atoms with Crippen molar-refractivity contribution in [3.8, 4) is 5.75 Å². The SMILES string of the molecule is COc1ccc(C(C)Cc2ccccc2)cc1.N. The summed E-state index contributed by atoms with van der Waals surface area (Å²) in [6.45, 7) is 2.26. The van der Waals surface area contributed by atoms with Gasteiger partial charge in [0, 0.05) is 0 Å². The van der Waals surface area contributed by atoms with Gasteiger partial charge in [0.2, 0.25) is 0 Å². The highest BCUT2D eigenvalue weighted by Gasteiger charge is 2.06. The number of rotatable bonds is 4. The van der Waals surface area contributed by atoms with Gasteiger partial charge in [0.25, 0.3) is 0 Å². The van der Waals surface area contributed by atoms with Gasteiger partial charge >= 0.3 is 0 Å². The van der Waals surface area contributed by atoms with Gasteiger partial charge < -0.3 is 10.9 Å². The van der Waals surface area contributed by atoms with Gasteiger partial charge in [-0.25, -0.2) is 0 Å². The maximum Gasteiger partial charge on any atom is 0.118 e. The van der Waals surface area contributed by atoms with Crippen LogP contribution in [0.1, 0.15) is 24.0 Å². The molecule has 0 spiro atoms. The zero-order valence-corrected chi connectivity index (χ0v) is 11.1. The lowest BCUT2D eigenvalue weighted by Gasteiger charge is -2.12. The monoisotopic (exact) mass is 243 g/mol. The van der Waals surface area contributed by atoms with Gasteiger partial charge in [0.05, 0.1) is 7.11 Å². The van der Waals surface area contributed by atoms with Crippen LogP contribution in [-0.2, 0) is 6.42 Å². The third-order valence-electron chi connectivity index (χ3n) is 3.07. The first-order chi connectivity index (χ1) is 8.29. The average Bonchev–Trinajstić information content (AvgIpc) is 2.40. The fraction of sp³-hybridized carbons (Fsp3) is 0.250. The van der Waals surface area contributed by atoms with Crippen molar-refractivity contribution in [1.82, 2.24) is 6.15 Å². The second-order valence-electron chi connectivity index (χ2n) is 4.36. The highest BCUT2D eigenvalue weighted by Crippen LogP contribution is 2.22. The van der Waals surface area contributed by atoms with E-state index in [1.54, 1.807) is 7.11 Å². The summed E-state index contributed by atoms with van der Waals surface area (Å²) in [5, 5.41) is 0. The Balaban J connectivity index is 0.00000162. The largest absolute Gasteiger partial charge is 0.497 e. The minimum absolute atomic E-state index is 0. The van der Waals surface area contributed by atoms with Crippen molar-refractivity contribution in [3.05, 3.63) is 65.7 Å². The Labute approximate surface area is 109 Å². The van der Waals surface area contributed by atoms with Gasteiger partial charge in [-0.15, -0.1) is 0 Å². The minimum Gasteiger partial charge on any atom is -0.497 e. The van der Waals surface area contributed by atoms with Gasteiger partial charge in [-0.2, -0.15) is 0 Å². The fourth-order valence-electron chi connectivity index (χ4n) is 2.02. The van der Waals surface area contributed by atoms with E-state index in [9.17, 15) is 0 Å². The van der Waals surface area contributed by atoms with Crippen LogP contribution in [0.25, 0.3) is 0 Å². The van der Waals surface area contributed by atoms with Crippen molar-refractivity contribution in [2.24, 2.45) is 0 Å². The summed E-state index contributed by atoms with van der Waals surface area (Å²) in [4.78, 5) is 0. The second kappa shape index (κ2) is 6.82. The summed E-state index contributed by atoms with van der Waals surface area (Å²) >= 11 is 0. The predicted molar refractivity (Wildman–Crippen MR) is 76.6 cm³/mol. The number of benzene rings is 2. The molecular weight excluding hydrogens is 222 g/mol. The summed E-state index contributed by atoms with van der Waals surface area (Å²) in [6.07, 6.45) is 1.08. The zero-order valence-electron chi connectivity index (χ0n) is 11.1. The lowest BCUT2D eigenvalue weighted by Crippen LogP contribution is -1.98. The lowest BCUT2D eigenvalue weighted by molar-refractivity contribution is 0.414. The van der Waals surface area contributed by atoms with Crippen LogP contribution in [0.5, 0.6) is 5.75 Å². The maximum atomic E-state index is 5.17. The lowest BCUT2D eigenvalue weighted by atomic mass is 9.94. The molecule has 1 atom stereocenters. The van der Waals surface area contributed by atoms with Crippen LogP contribution in [0.15, 0.2) is 54.6 Å². The van der Waals surface area contributed by atoms with Crippen molar-refractivity contribution in [1.29, 1.82) is 0 Å². The molecule has 2 aromatic carbocycles. The Hall–Kier alpha value is -1.80. The molecule has 96 valence electrons. The molecule has 2 heteroatoms. The summed E-state index contributed by atoms with van der Waals surface area (Å²) in [7, 11) is 1.70. The highest BCUT2D eigenvalue weighted by atomic mass is 16.5. The van der Waals surface area contributed by atoms with Crippen LogP contribution >= 0.6 is 0 Å². The van der Waals surface area contributed by atoms with Crippen LogP contribution in [-0.4, -0.2) is 7.11 Å². The van der Waals surface area contributed by atoms with E-state index < -0.39 is 0 Å². The zero-order chi connectivity index (χ0) is 12.1. The van der Waals surface area contributed by atoms with E-state index in [2.05, 4.69) is 49.4 Å². The average molecular weight is 243 g/mol. The van der Waals surface area contributed by atoms with E-state index in [0.717, 1.165) is 12.2 Å². The van der Waals surface area contributed by atoms with Gasteiger partial charge in [0.1, 0.15) is 5.75 Å². The van der Waals surface area contributed by atoms with Crippen LogP contribution in [0.4, 0.5) is 0 Å². The van der Waals surface area contributed by atoms with E-state index in [1.165, 1.54) is 11.1 Å². The molecule has 2 aromatic rings. The molecule has 0 aliphatic rings. The molecule has 0 amide bonds. The molecule has 0 saturated heterocycles. The number of hydrogen-bond donors (Lipinski definition) is 1. The standard InChI is InChI=1S/C16H18O.H3N/c1-13(12-14-6-4-3-5-7-14)15-8-10-16(17-2)11-9-15;/h3-11,13H,12H2,1-2H3;1H3. The van der Waals surface area contributed by atoms with E-state index in [-0.39, 0.29) is 6.15 Å². The summed E-state index contributed by atoms with van der Waals surface area (Å²) in [6, 6.07) is 18.9. The van der Waals surface area contributed by atoms with Gasteiger partial charge in [0.15, 0.2) is 0 Å². The summed E-state index contributed by atoms with van der Waals surface area (Å²) in [5.74, 6) is 1.45. The number of hydrogen-bond acceptors (Lipinski definition) is 2. The van der Waals surface area contributed by atoms with Gasteiger partial charge in [-0.3, -0.25) is 0 Å². The number of ether oxygens (including phenoxy) is 1. The van der Waals surface area contributed by atoms with Crippen LogP contribution in [0.2, 0.25) is 0 Å². The quantitative estimate of drug-likeness (QED) is 0.874. The van der Waals surface area contributed by atoms with Crippen molar-refractivity contribution in [2.45, 2.75) is 19.3 Å². The Morgan fingerprint density at radius 2 is 1.56 bits per heavy atom. The molecule has 2 rings (SSSR count). The van der Waals surface area contributed by atoms with Crippen LogP contribution in [0.3, 0.4) is 0 Å². The summed E-state index contributed by atoms with van der Waals surface area (Å²) in [5.41, 5.74) is 2.74.